The number of carboxylic acid groups (broad SMARTS) is 1. The van der Waals surface area contributed by atoms with E-state index < -0.39 is 40.2 Å². The lowest BCUT2D eigenvalue weighted by Gasteiger charge is -2.32. The molecule has 0 aliphatic heterocycles. The van der Waals surface area contributed by atoms with E-state index in [1.807, 2.05) is 80.1 Å². The predicted molar refractivity (Wildman–Crippen MR) is 197 cm³/mol. The maximum Gasteiger partial charge on any atom is 0.407 e. The monoisotopic (exact) mass is 738 g/mol. The first-order valence-electron chi connectivity index (χ1n) is 17.2. The molecule has 0 bridgehead atoms. The number of aryl methyl sites for hydroxylation is 1. The summed E-state index contributed by atoms with van der Waals surface area (Å²) >= 11 is 0. The van der Waals surface area contributed by atoms with E-state index in [-0.39, 0.29) is 63.0 Å². The van der Waals surface area contributed by atoms with Crippen molar-refractivity contribution in [2.24, 2.45) is 13.0 Å². The summed E-state index contributed by atoms with van der Waals surface area (Å²) in [6.45, 7) is 3.39. The number of sulfonamides is 1. The number of carbonyl (C=O) groups excluding carboxylic acids is 1. The van der Waals surface area contributed by atoms with Crippen LogP contribution in [0, 0.1) is 5.92 Å². The normalized spacial score (nSPS) is 13.6. The highest BCUT2D eigenvalue weighted by molar-refractivity contribution is 7.89. The molecule has 2 amide bonds. The fourth-order valence-corrected chi connectivity index (χ4v) is 7.55. The molecule has 0 saturated heterocycles. The first-order valence-corrected chi connectivity index (χ1v) is 18.7. The molecule has 0 unspecified atom stereocenters. The summed E-state index contributed by atoms with van der Waals surface area (Å²) in [5.41, 5.74) is 2.44. The van der Waals surface area contributed by atoms with Gasteiger partial charge in [-0.3, -0.25) is 9.69 Å². The van der Waals surface area contributed by atoms with Crippen LogP contribution in [0.25, 0.3) is 11.0 Å². The zero-order chi connectivity index (χ0) is 37.8. The number of carbonyl (C=O) groups is 2. The Labute approximate surface area is 305 Å². The standard InChI is InChI=1S/C37H50N6O8S/c1-26(2)23-43(52(49,50)29-16-14-28(51-4)15-17-29)24-34(45)32(22-27-10-6-5-7-11-27)40-36(46)31(18-21-44)38-19-20-42(37(47)48)25-35-39-30-12-8-9-13-33(30)41(35)3/h5-17,26,31-32,34,38,44-45H,18-25H2,1-4H3,(H,40,46)(H,47,48)/t31-,32-,34+/m0/s1. The number of rotatable bonds is 20. The van der Waals surface area contributed by atoms with Crippen molar-refractivity contribution in [3.63, 3.8) is 0 Å². The summed E-state index contributed by atoms with van der Waals surface area (Å²) in [7, 11) is -0.726. The number of hydrogen-bond donors (Lipinski definition) is 5. The topological polar surface area (TPSA) is 187 Å². The Bertz CT molecular complexity index is 1850. The van der Waals surface area contributed by atoms with Crippen molar-refractivity contribution in [1.29, 1.82) is 0 Å². The number of aliphatic hydroxyl groups is 2. The Morgan fingerprint density at radius 3 is 2.27 bits per heavy atom. The molecular formula is C37H50N6O8S. The molecular weight excluding hydrogens is 689 g/mol. The van der Waals surface area contributed by atoms with Crippen LogP contribution >= 0.6 is 0 Å². The second-order valence-corrected chi connectivity index (χ2v) is 15.0. The molecule has 52 heavy (non-hydrogen) atoms. The Hall–Kier alpha value is -4.54. The van der Waals surface area contributed by atoms with E-state index >= 15 is 0 Å². The molecule has 15 heteroatoms. The molecule has 0 aliphatic rings. The summed E-state index contributed by atoms with van der Waals surface area (Å²) in [6, 6.07) is 20.9. The van der Waals surface area contributed by atoms with Gasteiger partial charge in [0.05, 0.1) is 47.8 Å². The van der Waals surface area contributed by atoms with Crippen LogP contribution < -0.4 is 15.4 Å². The third-order valence-electron chi connectivity index (χ3n) is 8.74. The van der Waals surface area contributed by atoms with E-state index in [0.29, 0.717) is 11.6 Å². The second-order valence-electron chi connectivity index (χ2n) is 13.1. The van der Waals surface area contributed by atoms with Gasteiger partial charge in [-0.2, -0.15) is 4.31 Å². The zero-order valence-corrected chi connectivity index (χ0v) is 30.9. The number of ether oxygens (including phenoxy) is 1. The van der Waals surface area contributed by atoms with Crippen molar-refractivity contribution in [2.75, 3.05) is 39.9 Å². The van der Waals surface area contributed by atoms with Crippen molar-refractivity contribution in [1.82, 2.24) is 29.4 Å². The van der Waals surface area contributed by atoms with Gasteiger partial charge in [0.15, 0.2) is 0 Å². The van der Waals surface area contributed by atoms with Gasteiger partial charge in [-0.25, -0.2) is 18.2 Å². The smallest absolute Gasteiger partial charge is 0.407 e. The largest absolute Gasteiger partial charge is 0.497 e. The Kier molecular flexibility index (Phi) is 14.5. The van der Waals surface area contributed by atoms with E-state index in [4.69, 9.17) is 4.74 Å². The fourth-order valence-electron chi connectivity index (χ4n) is 5.92. The quantitative estimate of drug-likeness (QED) is 0.0903. The lowest BCUT2D eigenvalue weighted by Crippen LogP contribution is -2.55. The van der Waals surface area contributed by atoms with Gasteiger partial charge in [-0.05, 0) is 60.7 Å². The molecule has 0 radical (unpaired) electrons. The zero-order valence-electron chi connectivity index (χ0n) is 30.1. The minimum absolute atomic E-state index is 0.0170. The summed E-state index contributed by atoms with van der Waals surface area (Å²) in [6.07, 6.45) is -2.26. The molecule has 5 N–H and O–H groups in total. The number of aromatic nitrogens is 2. The number of nitrogens with zero attached hydrogens (tertiary/aromatic N) is 4. The summed E-state index contributed by atoms with van der Waals surface area (Å²) in [5.74, 6) is 0.470. The third kappa shape index (κ3) is 10.7. The number of fused-ring (bicyclic) bond motifs is 1. The Morgan fingerprint density at radius 1 is 0.981 bits per heavy atom. The minimum atomic E-state index is -4.04. The Balaban J connectivity index is 1.49. The van der Waals surface area contributed by atoms with Crippen LogP contribution in [0.3, 0.4) is 0 Å². The van der Waals surface area contributed by atoms with Crippen LogP contribution in [-0.2, 0) is 34.8 Å². The minimum Gasteiger partial charge on any atom is -0.497 e. The number of nitrogens with one attached hydrogen (secondary N) is 2. The number of methoxy groups -OCH3 is 1. The number of benzene rings is 3. The average Bonchev–Trinajstić information content (AvgIpc) is 3.44. The average molecular weight is 739 g/mol. The number of imidazole rings is 1. The molecule has 3 aromatic carbocycles. The fraction of sp³-hybridized carbons (Fsp3) is 0.432. The van der Waals surface area contributed by atoms with Crippen molar-refractivity contribution in [2.45, 2.75) is 56.3 Å². The van der Waals surface area contributed by atoms with Crippen molar-refractivity contribution < 1.29 is 38.1 Å². The highest BCUT2D eigenvalue weighted by Gasteiger charge is 2.32. The van der Waals surface area contributed by atoms with Crippen LogP contribution in [0.15, 0.2) is 83.8 Å². The van der Waals surface area contributed by atoms with E-state index in [2.05, 4.69) is 15.6 Å². The predicted octanol–water partition coefficient (Wildman–Crippen LogP) is 2.84. The van der Waals surface area contributed by atoms with Gasteiger partial charge in [0.1, 0.15) is 11.6 Å². The van der Waals surface area contributed by atoms with Crippen LogP contribution in [0.5, 0.6) is 5.75 Å². The second kappa shape index (κ2) is 18.8. The summed E-state index contributed by atoms with van der Waals surface area (Å²) in [5, 5.41) is 37.4. The molecule has 0 saturated carbocycles. The van der Waals surface area contributed by atoms with Crippen molar-refractivity contribution in [3.8, 4) is 5.75 Å². The van der Waals surface area contributed by atoms with Gasteiger partial charge in [0.25, 0.3) is 0 Å². The molecule has 0 fully saturated rings. The van der Waals surface area contributed by atoms with Crippen LogP contribution in [-0.4, -0.2) is 113 Å². The van der Waals surface area contributed by atoms with E-state index in [1.54, 1.807) is 12.1 Å². The van der Waals surface area contributed by atoms with E-state index in [9.17, 15) is 33.3 Å². The van der Waals surface area contributed by atoms with E-state index in [1.165, 1.54) is 28.4 Å². The van der Waals surface area contributed by atoms with Gasteiger partial charge >= 0.3 is 6.09 Å². The number of hydrogen-bond acceptors (Lipinski definition) is 9. The van der Waals surface area contributed by atoms with E-state index in [0.717, 1.165) is 16.6 Å². The van der Waals surface area contributed by atoms with Crippen LogP contribution in [0.1, 0.15) is 31.7 Å². The highest BCUT2D eigenvalue weighted by atomic mass is 32.2. The maximum absolute atomic E-state index is 13.8. The van der Waals surface area contributed by atoms with Gasteiger partial charge in [0, 0.05) is 39.8 Å². The Morgan fingerprint density at radius 2 is 1.65 bits per heavy atom. The van der Waals surface area contributed by atoms with Crippen molar-refractivity contribution in [3.05, 3.63) is 90.3 Å². The number of para-hydroxylation sites is 2. The third-order valence-corrected chi connectivity index (χ3v) is 10.6. The van der Waals surface area contributed by atoms with Crippen LogP contribution in [0.2, 0.25) is 0 Å². The van der Waals surface area contributed by atoms with Crippen LogP contribution in [0.4, 0.5) is 4.79 Å². The highest BCUT2D eigenvalue weighted by Crippen LogP contribution is 2.22. The van der Waals surface area contributed by atoms with Gasteiger partial charge in [-0.1, -0.05) is 56.3 Å². The van der Waals surface area contributed by atoms with Gasteiger partial charge < -0.3 is 35.3 Å². The number of amides is 2. The first-order chi connectivity index (χ1) is 24.8. The molecule has 3 atom stereocenters. The summed E-state index contributed by atoms with van der Waals surface area (Å²) < 4.78 is 35.8. The lowest BCUT2D eigenvalue weighted by atomic mass is 10.00. The molecule has 0 aliphatic carbocycles. The van der Waals surface area contributed by atoms with Crippen molar-refractivity contribution >= 4 is 33.1 Å². The molecule has 1 aromatic heterocycles. The molecule has 4 aromatic rings. The lowest BCUT2D eigenvalue weighted by molar-refractivity contribution is -0.125. The SMILES string of the molecule is COc1ccc(S(=O)(=O)N(CC(C)C)C[C@@H](O)[C@H](Cc2ccccc2)NC(=O)[C@H](CCO)NCCN(Cc2nc3ccccc3n2C)C(=O)O)cc1. The maximum atomic E-state index is 13.8. The van der Waals surface area contributed by atoms with Gasteiger partial charge in [0.2, 0.25) is 15.9 Å². The molecule has 282 valence electrons. The number of aliphatic hydroxyl groups excluding tert-OH is 2. The molecule has 14 nitrogen and oxygen atoms in total. The molecule has 0 spiro atoms. The molecule has 4 rings (SSSR count). The summed E-state index contributed by atoms with van der Waals surface area (Å²) in [4.78, 5) is 31.7. The van der Waals surface area contributed by atoms with Gasteiger partial charge in [-0.15, -0.1) is 0 Å². The first kappa shape index (κ1) is 40.2. The molecule has 1 heterocycles.